The first-order valence-corrected chi connectivity index (χ1v) is 26.5. The minimum absolute atomic E-state index is 0.181. The first-order chi connectivity index (χ1) is 38.4. The SMILES string of the molecule is Cc1ccc2ccc(NC(=O)OCCCN(CCCCCN(CCCOC(=O)Nc3ccc4ccc(C)nc4n3)CCCOC(=O)Nc3ccc4ccc(C)nc4n3)CCCOC(=O)Nc3ccc4ccc(C)nc4n3)nc2n1. The van der Waals surface area contributed by atoms with Gasteiger partial charge in [-0.15, -0.1) is 0 Å². The van der Waals surface area contributed by atoms with Gasteiger partial charge in [-0.1, -0.05) is 6.42 Å². The molecular weight excluding hydrogens is 1010 g/mol. The van der Waals surface area contributed by atoms with E-state index in [0.29, 0.717) is 97.7 Å². The van der Waals surface area contributed by atoms with Gasteiger partial charge in [0.1, 0.15) is 23.3 Å². The average molecular weight is 1080 g/mol. The van der Waals surface area contributed by atoms with E-state index in [1.165, 1.54) is 0 Å². The topological polar surface area (TPSA) is 263 Å². The van der Waals surface area contributed by atoms with Gasteiger partial charge in [0.05, 0.1) is 26.4 Å². The Balaban J connectivity index is 0.804. The van der Waals surface area contributed by atoms with Crippen molar-refractivity contribution in [3.8, 4) is 0 Å². The Morgan fingerprint density at radius 1 is 0.316 bits per heavy atom. The van der Waals surface area contributed by atoms with Crippen LogP contribution in [0.15, 0.2) is 97.1 Å². The fourth-order valence-corrected chi connectivity index (χ4v) is 8.55. The van der Waals surface area contributed by atoms with E-state index in [2.05, 4.69) is 70.9 Å². The van der Waals surface area contributed by atoms with Gasteiger partial charge in [-0.25, -0.2) is 59.0 Å². The van der Waals surface area contributed by atoms with Crippen LogP contribution in [0.4, 0.5) is 42.4 Å². The Kier molecular flexibility index (Phi) is 20.4. The first kappa shape index (κ1) is 56.4. The zero-order valence-electron chi connectivity index (χ0n) is 45.0. The highest BCUT2D eigenvalue weighted by Crippen LogP contribution is 2.18. The lowest BCUT2D eigenvalue weighted by atomic mass is 10.2. The van der Waals surface area contributed by atoms with Gasteiger partial charge in [0, 0.05) is 70.5 Å². The fraction of sp³-hybridized carbons (Fsp3) is 0.368. The van der Waals surface area contributed by atoms with E-state index < -0.39 is 24.4 Å². The molecule has 0 unspecified atom stereocenters. The number of fused-ring (bicyclic) bond motifs is 4. The number of nitrogens with one attached hydrogen (secondary N) is 4. The number of unbranched alkanes of at least 4 members (excludes halogenated alkanes) is 2. The number of ether oxygens (including phenoxy) is 4. The summed E-state index contributed by atoms with van der Waals surface area (Å²) in [6.07, 6.45) is 2.51. The Morgan fingerprint density at radius 3 is 0.797 bits per heavy atom. The van der Waals surface area contributed by atoms with Gasteiger partial charge < -0.3 is 28.7 Å². The number of aromatic nitrogens is 8. The van der Waals surface area contributed by atoms with Crippen LogP contribution in [0, 0.1) is 27.7 Å². The molecule has 0 bridgehead atoms. The number of amides is 4. The van der Waals surface area contributed by atoms with Gasteiger partial charge in [-0.05, 0) is 176 Å². The van der Waals surface area contributed by atoms with Crippen LogP contribution in [-0.2, 0) is 18.9 Å². The lowest BCUT2D eigenvalue weighted by molar-refractivity contribution is 0.142. The highest BCUT2D eigenvalue weighted by atomic mass is 16.6. The first-order valence-electron chi connectivity index (χ1n) is 26.5. The van der Waals surface area contributed by atoms with Crippen LogP contribution in [0.25, 0.3) is 44.1 Å². The summed E-state index contributed by atoms with van der Waals surface area (Å²) in [5, 5.41) is 14.3. The lowest BCUT2D eigenvalue weighted by Gasteiger charge is -2.24. The molecule has 22 heteroatoms. The highest BCUT2D eigenvalue weighted by Gasteiger charge is 2.14. The lowest BCUT2D eigenvalue weighted by Crippen LogP contribution is -2.31. The smallest absolute Gasteiger partial charge is 0.412 e. The minimum atomic E-state index is -0.608. The number of carbonyl (C=O) groups excluding carboxylic acids is 4. The molecule has 0 saturated carbocycles. The van der Waals surface area contributed by atoms with Crippen molar-refractivity contribution in [3.63, 3.8) is 0 Å². The van der Waals surface area contributed by atoms with E-state index in [-0.39, 0.29) is 26.4 Å². The largest absolute Gasteiger partial charge is 0.449 e. The third-order valence-electron chi connectivity index (χ3n) is 12.5. The number of anilines is 4. The zero-order valence-corrected chi connectivity index (χ0v) is 45.0. The van der Waals surface area contributed by atoms with Crippen molar-refractivity contribution in [2.45, 2.75) is 72.6 Å². The average Bonchev–Trinajstić information content (AvgIpc) is 3.43. The molecule has 4 N–H and O–H groups in total. The Labute approximate surface area is 457 Å². The molecule has 8 aromatic heterocycles. The molecule has 0 spiro atoms. The second kappa shape index (κ2) is 28.6. The second-order valence-corrected chi connectivity index (χ2v) is 19.0. The van der Waals surface area contributed by atoms with Crippen molar-refractivity contribution < 1.29 is 38.1 Å². The summed E-state index contributed by atoms with van der Waals surface area (Å²) < 4.78 is 22.2. The Bertz CT molecular complexity index is 2950. The van der Waals surface area contributed by atoms with E-state index >= 15 is 0 Å². The number of nitrogens with zero attached hydrogens (tertiary/aromatic N) is 10. The zero-order chi connectivity index (χ0) is 55.3. The molecule has 79 heavy (non-hydrogen) atoms. The normalized spacial score (nSPS) is 11.3. The molecule has 0 aromatic carbocycles. The molecule has 22 nitrogen and oxygen atoms in total. The van der Waals surface area contributed by atoms with Crippen LogP contribution in [0.2, 0.25) is 0 Å². The van der Waals surface area contributed by atoms with Crippen LogP contribution in [0.5, 0.6) is 0 Å². The minimum Gasteiger partial charge on any atom is -0.449 e. The third kappa shape index (κ3) is 18.2. The number of hydrogen-bond acceptors (Lipinski definition) is 18. The Morgan fingerprint density at radius 2 is 0.544 bits per heavy atom. The predicted octanol–water partition coefficient (Wildman–Crippen LogP) is 10.3. The van der Waals surface area contributed by atoms with E-state index in [1.807, 2.05) is 100 Å². The molecule has 4 amide bonds. The van der Waals surface area contributed by atoms with Crippen molar-refractivity contribution in [1.82, 2.24) is 49.7 Å². The molecule has 0 fully saturated rings. The van der Waals surface area contributed by atoms with Crippen LogP contribution in [0.3, 0.4) is 0 Å². The molecule has 0 atom stereocenters. The maximum atomic E-state index is 12.8. The molecule has 0 aliphatic rings. The fourth-order valence-electron chi connectivity index (χ4n) is 8.55. The maximum Gasteiger partial charge on any atom is 0.412 e. The summed E-state index contributed by atoms with van der Waals surface area (Å²) in [6.45, 7) is 12.3. The standard InChI is InChI=1S/C57H66N14O8/c1-38-12-16-42-20-24-46(62-50(42)58-38)66-54(72)76-34-8-30-70(31-9-35-77-55(73)67-47-25-21-43-17-13-39(2)59-51(43)63-47)28-6-5-7-29-71(32-10-36-78-56(74)68-48-26-22-44-18-14-40(3)60-52(44)64-48)33-11-37-79-57(75)69-49-27-23-45-19-15-41(4)61-53(45)65-49/h12-27H,5-11,28-37H2,1-4H3,(H,58,62,66,72)(H,59,63,67,73)(H,60,64,68,74)(H,61,65,69,75). The monoisotopic (exact) mass is 1070 g/mol. The molecule has 8 rings (SSSR count). The number of carbonyl (C=O) groups is 4. The number of hydrogen-bond donors (Lipinski definition) is 4. The summed E-state index contributed by atoms with van der Waals surface area (Å²) >= 11 is 0. The quantitative estimate of drug-likeness (QED) is 0.0290. The van der Waals surface area contributed by atoms with Gasteiger partial charge >= 0.3 is 24.4 Å². The molecule has 0 saturated heterocycles. The summed E-state index contributed by atoms with van der Waals surface area (Å²) in [4.78, 5) is 91.2. The van der Waals surface area contributed by atoms with Gasteiger partial charge in [-0.3, -0.25) is 21.3 Å². The molecule has 412 valence electrons. The van der Waals surface area contributed by atoms with Crippen LogP contribution in [0.1, 0.15) is 67.7 Å². The van der Waals surface area contributed by atoms with Crippen LogP contribution < -0.4 is 21.3 Å². The van der Waals surface area contributed by atoms with E-state index in [1.54, 1.807) is 24.3 Å². The van der Waals surface area contributed by atoms with Gasteiger partial charge in [0.15, 0.2) is 22.6 Å². The van der Waals surface area contributed by atoms with Crippen molar-refractivity contribution in [3.05, 3.63) is 120 Å². The molecule has 0 aliphatic carbocycles. The van der Waals surface area contributed by atoms with Gasteiger partial charge in [-0.2, -0.15) is 0 Å². The number of pyridine rings is 8. The highest BCUT2D eigenvalue weighted by molar-refractivity contribution is 5.88. The van der Waals surface area contributed by atoms with Crippen molar-refractivity contribution >= 4 is 91.8 Å². The summed E-state index contributed by atoms with van der Waals surface area (Å²) in [6, 6.07) is 29.6. The van der Waals surface area contributed by atoms with E-state index in [0.717, 1.165) is 76.7 Å². The van der Waals surface area contributed by atoms with E-state index in [4.69, 9.17) is 18.9 Å². The molecule has 0 aliphatic heterocycles. The van der Waals surface area contributed by atoms with Crippen LogP contribution in [-0.4, -0.2) is 140 Å². The third-order valence-corrected chi connectivity index (χ3v) is 12.5. The summed E-state index contributed by atoms with van der Waals surface area (Å²) in [7, 11) is 0. The van der Waals surface area contributed by atoms with E-state index in [9.17, 15) is 19.2 Å². The molecule has 8 heterocycles. The van der Waals surface area contributed by atoms with Gasteiger partial charge in [0.25, 0.3) is 0 Å². The van der Waals surface area contributed by atoms with Crippen LogP contribution >= 0.6 is 0 Å². The number of rotatable bonds is 26. The molecular formula is C57H66N14O8. The second-order valence-electron chi connectivity index (χ2n) is 19.0. The molecule has 0 radical (unpaired) electrons. The molecule has 8 aromatic rings. The van der Waals surface area contributed by atoms with Crippen molar-refractivity contribution in [2.24, 2.45) is 0 Å². The van der Waals surface area contributed by atoms with Crippen molar-refractivity contribution in [2.75, 3.05) is 87.0 Å². The predicted molar refractivity (Wildman–Crippen MR) is 302 cm³/mol. The van der Waals surface area contributed by atoms with Gasteiger partial charge in [0.2, 0.25) is 0 Å². The van der Waals surface area contributed by atoms with Crippen molar-refractivity contribution in [1.29, 1.82) is 0 Å². The number of aryl methyl sites for hydroxylation is 4. The summed E-state index contributed by atoms with van der Waals surface area (Å²) in [5.41, 5.74) is 5.43. The summed E-state index contributed by atoms with van der Waals surface area (Å²) in [5.74, 6) is 1.40. The maximum absolute atomic E-state index is 12.8. The Hall–Kier alpha value is -8.76.